The molecule has 1 aromatic carbocycles. The van der Waals surface area contributed by atoms with Crippen LogP contribution in [0.2, 0.25) is 10.0 Å². The summed E-state index contributed by atoms with van der Waals surface area (Å²) in [5.41, 5.74) is 0.528. The lowest BCUT2D eigenvalue weighted by molar-refractivity contribution is -0.131. The molecule has 0 aromatic heterocycles. The molecule has 0 saturated carbocycles. The Hall–Kier alpha value is -1.25. The number of carboxylic acid groups (broad SMARTS) is 1. The highest BCUT2D eigenvalue weighted by Gasteiger charge is 2.42. The maximum absolute atomic E-state index is 13.6. The van der Waals surface area contributed by atoms with Crippen molar-refractivity contribution in [3.05, 3.63) is 44.4 Å². The van der Waals surface area contributed by atoms with E-state index in [9.17, 15) is 14.7 Å². The zero-order valence-corrected chi connectivity index (χ0v) is 20.0. The van der Waals surface area contributed by atoms with Gasteiger partial charge in [-0.1, -0.05) is 44.0 Å². The lowest BCUT2D eigenvalue weighted by atomic mass is 9.88. The fourth-order valence-electron chi connectivity index (χ4n) is 3.27. The molecular weight excluding hydrogens is 449 g/mol. The maximum atomic E-state index is 13.6. The zero-order valence-electron chi connectivity index (χ0n) is 17.7. The van der Waals surface area contributed by atoms with E-state index >= 15 is 0 Å². The average molecular weight is 476 g/mol. The Balaban J connectivity index is 2.61. The zero-order chi connectivity index (χ0) is 22.6. The lowest BCUT2D eigenvalue weighted by Crippen LogP contribution is -2.45. The van der Waals surface area contributed by atoms with E-state index in [1.54, 1.807) is 12.1 Å². The van der Waals surface area contributed by atoms with Gasteiger partial charge < -0.3 is 19.5 Å². The van der Waals surface area contributed by atoms with Crippen LogP contribution in [0, 0.1) is 5.41 Å². The molecule has 1 aliphatic rings. The number of amides is 1. The summed E-state index contributed by atoms with van der Waals surface area (Å²) >= 11 is 13.6. The summed E-state index contributed by atoms with van der Waals surface area (Å²) < 4.78 is 10.6. The molecule has 1 unspecified atom stereocenters. The fourth-order valence-corrected chi connectivity index (χ4v) is 5.06. The number of benzene rings is 1. The highest BCUT2D eigenvalue weighted by atomic mass is 35.5. The van der Waals surface area contributed by atoms with Crippen LogP contribution in [0.5, 0.6) is 0 Å². The van der Waals surface area contributed by atoms with Crippen molar-refractivity contribution in [3.8, 4) is 0 Å². The molecule has 1 amide bonds. The Kier molecular flexibility index (Phi) is 8.65. The number of carbonyl (C=O) groups is 2. The first-order valence-electron chi connectivity index (χ1n) is 9.40. The van der Waals surface area contributed by atoms with Crippen LogP contribution in [0.15, 0.2) is 28.8 Å². The lowest BCUT2D eigenvalue weighted by Gasteiger charge is -2.34. The first-order chi connectivity index (χ1) is 14.0. The minimum Gasteiger partial charge on any atom is -0.477 e. The number of carbonyl (C=O) groups excluding carboxylic acids is 1. The number of nitrogens with zero attached hydrogens (tertiary/aromatic N) is 1. The number of allylic oxidation sites excluding steroid dienone is 1. The SMILES string of the molecule is COCC(COC)N(C(=O)c1ccc(Cl)cc1Cl)C1=C(C(=O)O)SC(C(C)(C)C)C1. The monoisotopic (exact) mass is 475 g/mol. The third kappa shape index (κ3) is 5.71. The molecule has 9 heteroatoms. The predicted molar refractivity (Wildman–Crippen MR) is 120 cm³/mol. The van der Waals surface area contributed by atoms with E-state index in [-0.39, 0.29) is 39.4 Å². The molecule has 166 valence electrons. The van der Waals surface area contributed by atoms with Crippen molar-refractivity contribution >= 4 is 46.8 Å². The number of hydrogen-bond donors (Lipinski definition) is 1. The van der Waals surface area contributed by atoms with Crippen LogP contribution < -0.4 is 0 Å². The molecule has 0 spiro atoms. The number of carboxylic acids is 1. The van der Waals surface area contributed by atoms with Crippen LogP contribution in [0.3, 0.4) is 0 Å². The summed E-state index contributed by atoms with van der Waals surface area (Å²) in [5.74, 6) is -1.48. The molecule has 0 aliphatic carbocycles. The normalized spacial score (nSPS) is 17.0. The van der Waals surface area contributed by atoms with Gasteiger partial charge in [0.25, 0.3) is 5.91 Å². The highest BCUT2D eigenvalue weighted by Crippen LogP contribution is 2.48. The van der Waals surface area contributed by atoms with Gasteiger partial charge in [-0.25, -0.2) is 4.79 Å². The van der Waals surface area contributed by atoms with Crippen LogP contribution in [0.4, 0.5) is 0 Å². The summed E-state index contributed by atoms with van der Waals surface area (Å²) in [4.78, 5) is 27.3. The molecule has 0 saturated heterocycles. The van der Waals surface area contributed by atoms with E-state index in [0.29, 0.717) is 17.1 Å². The Morgan fingerprint density at radius 1 is 1.23 bits per heavy atom. The summed E-state index contributed by atoms with van der Waals surface area (Å²) in [6.07, 6.45) is 0.427. The summed E-state index contributed by atoms with van der Waals surface area (Å²) in [6, 6.07) is 4.09. The quantitative estimate of drug-likeness (QED) is 0.573. The topological polar surface area (TPSA) is 76.1 Å². The first kappa shape index (κ1) is 25.0. The van der Waals surface area contributed by atoms with Gasteiger partial charge in [0, 0.05) is 36.6 Å². The first-order valence-corrected chi connectivity index (χ1v) is 11.0. The molecule has 1 N–H and O–H groups in total. The Labute approximate surface area is 191 Å². The second-order valence-electron chi connectivity index (χ2n) is 8.12. The van der Waals surface area contributed by atoms with Crippen LogP contribution >= 0.6 is 35.0 Å². The second-order valence-corrected chi connectivity index (χ2v) is 10.2. The van der Waals surface area contributed by atoms with Gasteiger partial charge in [-0.3, -0.25) is 4.79 Å². The van der Waals surface area contributed by atoms with Gasteiger partial charge in [-0.2, -0.15) is 0 Å². The molecular formula is C21H27Cl2NO5S. The van der Waals surface area contributed by atoms with E-state index in [1.165, 1.54) is 36.9 Å². The van der Waals surface area contributed by atoms with Gasteiger partial charge >= 0.3 is 5.97 Å². The van der Waals surface area contributed by atoms with E-state index in [4.69, 9.17) is 32.7 Å². The molecule has 2 rings (SSSR count). The number of hydrogen-bond acceptors (Lipinski definition) is 5. The van der Waals surface area contributed by atoms with Crippen molar-refractivity contribution in [1.29, 1.82) is 0 Å². The van der Waals surface area contributed by atoms with Crippen LogP contribution in [0.1, 0.15) is 37.6 Å². The van der Waals surface area contributed by atoms with Crippen molar-refractivity contribution in [3.63, 3.8) is 0 Å². The van der Waals surface area contributed by atoms with Crippen LogP contribution in [-0.2, 0) is 14.3 Å². The number of methoxy groups -OCH3 is 2. The molecule has 1 atom stereocenters. The number of rotatable bonds is 8. The number of thioether (sulfide) groups is 1. The minimum atomic E-state index is -1.06. The standard InChI is InChI=1S/C21H27Cl2NO5S/c1-21(2,3)17-9-16(18(30-17)20(26)27)24(13(10-28-4)11-29-5)19(25)14-7-6-12(22)8-15(14)23/h6-8,13,17H,9-11H2,1-5H3,(H,26,27). The maximum Gasteiger partial charge on any atom is 0.343 e. The third-order valence-corrected chi connectivity index (χ3v) is 7.17. The van der Waals surface area contributed by atoms with Crippen LogP contribution in [-0.4, -0.2) is 60.6 Å². The summed E-state index contributed by atoms with van der Waals surface area (Å²) in [5, 5.41) is 10.5. The van der Waals surface area contributed by atoms with Gasteiger partial charge in [0.2, 0.25) is 0 Å². The van der Waals surface area contributed by atoms with Gasteiger partial charge in [0.15, 0.2) is 0 Å². The van der Waals surface area contributed by atoms with E-state index in [2.05, 4.69) is 20.8 Å². The number of aliphatic carboxylic acids is 1. The molecule has 0 radical (unpaired) electrons. The van der Waals surface area contributed by atoms with Crippen molar-refractivity contribution in [2.75, 3.05) is 27.4 Å². The molecule has 6 nitrogen and oxygen atoms in total. The van der Waals surface area contributed by atoms with Crippen molar-refractivity contribution < 1.29 is 24.2 Å². The Morgan fingerprint density at radius 2 is 1.83 bits per heavy atom. The molecule has 1 aliphatic heterocycles. The molecule has 1 heterocycles. The van der Waals surface area contributed by atoms with E-state index < -0.39 is 17.9 Å². The highest BCUT2D eigenvalue weighted by molar-refractivity contribution is 8.04. The summed E-state index contributed by atoms with van der Waals surface area (Å²) in [6.45, 7) is 6.50. The van der Waals surface area contributed by atoms with Crippen molar-refractivity contribution in [1.82, 2.24) is 4.90 Å². The van der Waals surface area contributed by atoms with Crippen LogP contribution in [0.25, 0.3) is 0 Å². The van der Waals surface area contributed by atoms with E-state index in [0.717, 1.165) is 0 Å². The Bertz CT molecular complexity index is 831. The van der Waals surface area contributed by atoms with Gasteiger partial charge in [-0.05, 0) is 23.6 Å². The predicted octanol–water partition coefficient (Wildman–Crippen LogP) is 4.94. The average Bonchev–Trinajstić information content (AvgIpc) is 3.08. The van der Waals surface area contributed by atoms with E-state index in [1.807, 2.05) is 0 Å². The molecule has 0 fully saturated rings. The fraction of sp³-hybridized carbons (Fsp3) is 0.524. The minimum absolute atomic E-state index is 0.000305. The van der Waals surface area contributed by atoms with Gasteiger partial charge in [0.05, 0.1) is 29.8 Å². The number of ether oxygens (including phenoxy) is 2. The Morgan fingerprint density at radius 3 is 2.30 bits per heavy atom. The smallest absolute Gasteiger partial charge is 0.343 e. The molecule has 0 bridgehead atoms. The number of halogens is 2. The van der Waals surface area contributed by atoms with Crippen molar-refractivity contribution in [2.24, 2.45) is 5.41 Å². The molecule has 30 heavy (non-hydrogen) atoms. The summed E-state index contributed by atoms with van der Waals surface area (Å²) in [7, 11) is 3.04. The largest absolute Gasteiger partial charge is 0.477 e. The van der Waals surface area contributed by atoms with Crippen molar-refractivity contribution in [2.45, 2.75) is 38.5 Å². The van der Waals surface area contributed by atoms with Gasteiger partial charge in [0.1, 0.15) is 4.91 Å². The third-order valence-electron chi connectivity index (χ3n) is 4.82. The van der Waals surface area contributed by atoms with Gasteiger partial charge in [-0.15, -0.1) is 11.8 Å². The molecule has 1 aromatic rings. The second kappa shape index (κ2) is 10.4.